The van der Waals surface area contributed by atoms with Crippen molar-refractivity contribution in [1.82, 2.24) is 15.5 Å². The Hall–Kier alpha value is -4.39. The molecule has 45 heavy (non-hydrogen) atoms. The fourth-order valence-electron chi connectivity index (χ4n) is 4.69. The zero-order valence-corrected chi connectivity index (χ0v) is 28.2. The van der Waals surface area contributed by atoms with Gasteiger partial charge in [0.2, 0.25) is 11.8 Å². The normalized spacial score (nSPS) is 13.6. The molecule has 2 rings (SSSR count). The fourth-order valence-corrected chi connectivity index (χ4v) is 4.69. The number of alkyl carbamates (subject to hydrolysis) is 1. The number of ether oxygens (including phenoxy) is 2. The second-order valence-electron chi connectivity index (χ2n) is 13.5. The van der Waals surface area contributed by atoms with E-state index in [9.17, 15) is 24.4 Å². The lowest BCUT2D eigenvalue weighted by molar-refractivity contribution is -0.159. The molecule has 0 aliphatic rings. The van der Waals surface area contributed by atoms with E-state index in [0.29, 0.717) is 5.56 Å². The van der Waals surface area contributed by atoms with Gasteiger partial charge in [0, 0.05) is 6.42 Å². The highest BCUT2D eigenvalue weighted by molar-refractivity contribution is 5.94. The van der Waals surface area contributed by atoms with Gasteiger partial charge in [-0.3, -0.25) is 9.59 Å². The van der Waals surface area contributed by atoms with Crippen LogP contribution >= 0.6 is 0 Å². The Morgan fingerprint density at radius 3 is 2.00 bits per heavy atom. The number of hydrogen-bond acceptors (Lipinski definition) is 7. The van der Waals surface area contributed by atoms with Crippen molar-refractivity contribution in [3.8, 4) is 6.07 Å². The predicted octanol–water partition coefficient (Wildman–Crippen LogP) is 5.32. The first-order valence-corrected chi connectivity index (χ1v) is 15.1. The third-order valence-corrected chi connectivity index (χ3v) is 6.92. The number of carbonyl (C=O) groups is 4. The summed E-state index contributed by atoms with van der Waals surface area (Å²) < 4.78 is 11.1. The predicted molar refractivity (Wildman–Crippen MR) is 172 cm³/mol. The molecule has 3 amide bonds. The molecule has 0 heterocycles. The van der Waals surface area contributed by atoms with Crippen molar-refractivity contribution >= 4 is 23.9 Å². The lowest BCUT2D eigenvalue weighted by atomic mass is 9.93. The Labute approximate surface area is 267 Å². The van der Waals surface area contributed by atoms with Gasteiger partial charge in [0.1, 0.15) is 35.9 Å². The van der Waals surface area contributed by atoms with E-state index in [1.54, 1.807) is 67.5 Å². The molecule has 2 aromatic rings. The molecule has 0 saturated carbocycles. The molecule has 0 aliphatic heterocycles. The molecule has 0 bridgehead atoms. The number of amides is 3. The number of nitrogens with zero attached hydrogens (tertiary/aromatic N) is 2. The molecule has 10 nitrogen and oxygen atoms in total. The molecule has 3 unspecified atom stereocenters. The summed E-state index contributed by atoms with van der Waals surface area (Å²) in [6.45, 7) is 17.1. The highest BCUT2D eigenvalue weighted by atomic mass is 16.6. The summed E-state index contributed by atoms with van der Waals surface area (Å²) in [4.78, 5) is 55.9. The van der Waals surface area contributed by atoms with Gasteiger partial charge in [-0.05, 0) is 83.6 Å². The van der Waals surface area contributed by atoms with Crippen LogP contribution in [0.5, 0.6) is 0 Å². The highest BCUT2D eigenvalue weighted by Gasteiger charge is 2.40. The largest absolute Gasteiger partial charge is 0.458 e. The summed E-state index contributed by atoms with van der Waals surface area (Å²) in [6.07, 6.45) is -0.658. The van der Waals surface area contributed by atoms with Crippen LogP contribution in [-0.4, -0.2) is 58.6 Å². The van der Waals surface area contributed by atoms with Crippen LogP contribution in [0.1, 0.15) is 83.7 Å². The van der Waals surface area contributed by atoms with Crippen molar-refractivity contribution < 1.29 is 28.7 Å². The summed E-state index contributed by atoms with van der Waals surface area (Å²) in [6, 6.07) is 13.1. The van der Waals surface area contributed by atoms with Gasteiger partial charge in [0.25, 0.3) is 0 Å². The number of nitrogens with one attached hydrogen (secondary N) is 2. The molecule has 0 saturated heterocycles. The second-order valence-corrected chi connectivity index (χ2v) is 13.5. The Balaban J connectivity index is 2.63. The van der Waals surface area contributed by atoms with Gasteiger partial charge in [0.15, 0.2) is 0 Å². The number of esters is 1. The zero-order chi connectivity index (χ0) is 34.1. The van der Waals surface area contributed by atoms with Crippen molar-refractivity contribution in [3.05, 3.63) is 70.8 Å². The molecule has 2 N–H and O–H groups in total. The van der Waals surface area contributed by atoms with Gasteiger partial charge in [-0.25, -0.2) is 9.59 Å². The average molecular weight is 621 g/mol. The summed E-state index contributed by atoms with van der Waals surface area (Å²) in [7, 11) is 0. The second kappa shape index (κ2) is 15.6. The van der Waals surface area contributed by atoms with E-state index in [1.165, 1.54) is 0 Å². The molecule has 0 aromatic heterocycles. The van der Waals surface area contributed by atoms with Crippen molar-refractivity contribution in [2.45, 2.75) is 105 Å². The van der Waals surface area contributed by atoms with E-state index in [4.69, 9.17) is 9.47 Å². The average Bonchev–Trinajstić information content (AvgIpc) is 2.91. The van der Waals surface area contributed by atoms with E-state index in [-0.39, 0.29) is 6.42 Å². The van der Waals surface area contributed by atoms with E-state index in [1.807, 2.05) is 56.3 Å². The smallest absolute Gasteiger partial charge is 0.408 e. The van der Waals surface area contributed by atoms with Gasteiger partial charge in [-0.15, -0.1) is 0 Å². The van der Waals surface area contributed by atoms with Gasteiger partial charge < -0.3 is 25.0 Å². The highest BCUT2D eigenvalue weighted by Crippen LogP contribution is 2.28. The van der Waals surface area contributed by atoms with Crippen molar-refractivity contribution in [1.29, 1.82) is 5.26 Å². The standard InChI is InChI=1S/C35H48N4O6/c1-22(2)28(38-33(43)45-35(8,9)10)31(41)39(20-19-36)29(26-18-14-15-23(3)24(26)4)30(40)37-27(32(42)44-34(5,6)7)21-25-16-12-11-13-17-25/h11-18,22,27-29H,20-21H2,1-10H3,(H,37,40)(H,38,43). The molecule has 244 valence electrons. The van der Waals surface area contributed by atoms with Gasteiger partial charge >= 0.3 is 12.1 Å². The number of aryl methyl sites for hydroxylation is 1. The van der Waals surface area contributed by atoms with E-state index in [2.05, 4.69) is 10.6 Å². The fraction of sp³-hybridized carbons (Fsp3) is 0.514. The Morgan fingerprint density at radius 2 is 1.47 bits per heavy atom. The summed E-state index contributed by atoms with van der Waals surface area (Å²) in [5.41, 5.74) is 1.27. The lowest BCUT2D eigenvalue weighted by Gasteiger charge is -2.35. The first-order chi connectivity index (χ1) is 20.8. The van der Waals surface area contributed by atoms with E-state index >= 15 is 0 Å². The molecule has 2 aromatic carbocycles. The molecule has 10 heteroatoms. The molecular formula is C35H48N4O6. The summed E-state index contributed by atoms with van der Waals surface area (Å²) >= 11 is 0. The van der Waals surface area contributed by atoms with Crippen LogP contribution in [0.4, 0.5) is 4.79 Å². The van der Waals surface area contributed by atoms with Gasteiger partial charge in [-0.1, -0.05) is 62.4 Å². The SMILES string of the molecule is Cc1cccc(C(C(=O)NC(Cc2ccccc2)C(=O)OC(C)(C)C)N(CC#N)C(=O)C(NC(=O)OC(C)(C)C)C(C)C)c1C. The van der Waals surface area contributed by atoms with Crippen LogP contribution in [0.3, 0.4) is 0 Å². The van der Waals surface area contributed by atoms with Crippen LogP contribution in [0.25, 0.3) is 0 Å². The van der Waals surface area contributed by atoms with E-state index in [0.717, 1.165) is 21.6 Å². The third-order valence-electron chi connectivity index (χ3n) is 6.92. The minimum absolute atomic E-state index is 0.141. The Morgan fingerprint density at radius 1 is 0.867 bits per heavy atom. The van der Waals surface area contributed by atoms with Crippen molar-refractivity contribution in [2.75, 3.05) is 6.54 Å². The first kappa shape index (κ1) is 36.8. The Bertz CT molecular complexity index is 1390. The minimum Gasteiger partial charge on any atom is -0.458 e. The molecular weight excluding hydrogens is 572 g/mol. The maximum atomic E-state index is 14.4. The number of carbonyl (C=O) groups excluding carboxylic acids is 4. The minimum atomic E-state index is -1.31. The van der Waals surface area contributed by atoms with Crippen LogP contribution in [0.15, 0.2) is 48.5 Å². The number of rotatable bonds is 11. The van der Waals surface area contributed by atoms with Gasteiger partial charge in [0.05, 0.1) is 6.07 Å². The van der Waals surface area contributed by atoms with Gasteiger partial charge in [-0.2, -0.15) is 5.26 Å². The van der Waals surface area contributed by atoms with Crippen molar-refractivity contribution in [2.24, 2.45) is 5.92 Å². The third kappa shape index (κ3) is 11.2. The number of benzene rings is 2. The topological polar surface area (TPSA) is 138 Å². The zero-order valence-electron chi connectivity index (χ0n) is 28.2. The molecule has 0 aliphatic carbocycles. The van der Waals surface area contributed by atoms with Crippen LogP contribution < -0.4 is 10.6 Å². The summed E-state index contributed by atoms with van der Waals surface area (Å²) in [5.74, 6) is -2.36. The number of hydrogen-bond donors (Lipinski definition) is 2. The number of nitriles is 1. The first-order valence-electron chi connectivity index (χ1n) is 15.1. The molecule has 0 spiro atoms. The van der Waals surface area contributed by atoms with Crippen molar-refractivity contribution in [3.63, 3.8) is 0 Å². The van der Waals surface area contributed by atoms with Crippen LogP contribution in [-0.2, 0) is 30.3 Å². The van der Waals surface area contributed by atoms with Crippen LogP contribution in [0.2, 0.25) is 0 Å². The monoisotopic (exact) mass is 620 g/mol. The quantitative estimate of drug-likeness (QED) is 0.256. The molecule has 0 radical (unpaired) electrons. The maximum absolute atomic E-state index is 14.4. The lowest BCUT2D eigenvalue weighted by Crippen LogP contribution is -2.56. The Kier molecular flexibility index (Phi) is 12.7. The summed E-state index contributed by atoms with van der Waals surface area (Å²) in [5, 5.41) is 15.3. The van der Waals surface area contributed by atoms with E-state index < -0.39 is 65.7 Å². The molecule has 3 atom stereocenters. The maximum Gasteiger partial charge on any atom is 0.408 e. The molecule has 0 fully saturated rings. The van der Waals surface area contributed by atoms with Crippen LogP contribution in [0, 0.1) is 31.1 Å².